The van der Waals surface area contributed by atoms with E-state index in [1.54, 1.807) is 0 Å². The first-order chi connectivity index (χ1) is 10.7. The van der Waals surface area contributed by atoms with Crippen molar-refractivity contribution < 1.29 is 37.3 Å². The number of methoxy groups -OCH3 is 1. The standard InChI is InChI=1S/C13H11F3N2O5/c1-22-12(21)10-6-8(2-3-18(10)4-5-19)9(7-17)11(20)23-13(14,15)16/h2-3,6,19H,4-5H2,1H3/b9-8-. The molecule has 10 heteroatoms. The molecule has 0 aromatic rings. The molecule has 0 saturated carbocycles. The number of nitriles is 1. The highest BCUT2D eigenvalue weighted by Crippen LogP contribution is 2.24. The molecule has 0 saturated heterocycles. The molecule has 0 radical (unpaired) electrons. The molecule has 0 aliphatic carbocycles. The van der Waals surface area contributed by atoms with Gasteiger partial charge >= 0.3 is 18.3 Å². The fourth-order valence-corrected chi connectivity index (χ4v) is 1.65. The normalized spacial score (nSPS) is 16.3. The minimum atomic E-state index is -5.24. The van der Waals surface area contributed by atoms with Crippen LogP contribution >= 0.6 is 0 Å². The number of hydrogen-bond acceptors (Lipinski definition) is 7. The maximum Gasteiger partial charge on any atom is 0.575 e. The van der Waals surface area contributed by atoms with Crippen molar-refractivity contribution in [3.63, 3.8) is 0 Å². The van der Waals surface area contributed by atoms with Gasteiger partial charge in [0.2, 0.25) is 0 Å². The van der Waals surface area contributed by atoms with Crippen LogP contribution in [0.3, 0.4) is 0 Å². The summed E-state index contributed by atoms with van der Waals surface area (Å²) in [6.07, 6.45) is -1.89. The number of carbonyl (C=O) groups excluding carboxylic acids is 2. The lowest BCUT2D eigenvalue weighted by molar-refractivity contribution is -0.303. The molecule has 0 bridgehead atoms. The summed E-state index contributed by atoms with van der Waals surface area (Å²) in [5, 5.41) is 17.8. The molecular weight excluding hydrogens is 321 g/mol. The molecule has 0 aromatic heterocycles. The Morgan fingerprint density at radius 1 is 1.43 bits per heavy atom. The second kappa shape index (κ2) is 7.46. The predicted molar refractivity (Wildman–Crippen MR) is 67.8 cm³/mol. The van der Waals surface area contributed by atoms with Crippen LogP contribution in [0.1, 0.15) is 0 Å². The molecule has 1 aliphatic heterocycles. The highest BCUT2D eigenvalue weighted by Gasteiger charge is 2.36. The number of alkyl halides is 3. The van der Waals surface area contributed by atoms with Gasteiger partial charge in [0, 0.05) is 18.3 Å². The fraction of sp³-hybridized carbons (Fsp3) is 0.308. The van der Waals surface area contributed by atoms with Gasteiger partial charge in [-0.2, -0.15) is 5.26 Å². The number of hydrogen-bond donors (Lipinski definition) is 1. The van der Waals surface area contributed by atoms with Gasteiger partial charge in [-0.25, -0.2) is 9.59 Å². The molecule has 0 spiro atoms. The summed E-state index contributed by atoms with van der Waals surface area (Å²) in [5.74, 6) is -2.75. The van der Waals surface area contributed by atoms with E-state index in [0.717, 1.165) is 19.3 Å². The van der Waals surface area contributed by atoms with Crippen LogP contribution in [0.2, 0.25) is 0 Å². The minimum Gasteiger partial charge on any atom is -0.464 e. The van der Waals surface area contributed by atoms with Crippen molar-refractivity contribution in [2.24, 2.45) is 0 Å². The van der Waals surface area contributed by atoms with E-state index in [1.807, 2.05) is 0 Å². The third kappa shape index (κ3) is 4.86. The highest BCUT2D eigenvalue weighted by atomic mass is 19.4. The van der Waals surface area contributed by atoms with Crippen LogP contribution in [0, 0.1) is 11.3 Å². The van der Waals surface area contributed by atoms with E-state index >= 15 is 0 Å². The number of halogens is 3. The molecule has 0 amide bonds. The monoisotopic (exact) mass is 332 g/mol. The first-order valence-corrected chi connectivity index (χ1v) is 6.03. The van der Waals surface area contributed by atoms with E-state index in [1.165, 1.54) is 17.2 Å². The van der Waals surface area contributed by atoms with Crippen LogP contribution in [0.25, 0.3) is 0 Å². The van der Waals surface area contributed by atoms with E-state index in [-0.39, 0.29) is 24.4 Å². The Labute approximate surface area is 128 Å². The lowest BCUT2D eigenvalue weighted by Gasteiger charge is -2.24. The van der Waals surface area contributed by atoms with Gasteiger partial charge in [0.1, 0.15) is 17.3 Å². The molecular formula is C13H11F3N2O5. The largest absolute Gasteiger partial charge is 0.575 e. The number of rotatable bonds is 4. The van der Waals surface area contributed by atoms with Gasteiger partial charge in [-0.15, -0.1) is 13.2 Å². The third-order valence-corrected chi connectivity index (χ3v) is 2.58. The van der Waals surface area contributed by atoms with Gasteiger partial charge in [0.15, 0.2) is 0 Å². The summed E-state index contributed by atoms with van der Waals surface area (Å²) in [7, 11) is 1.07. The lowest BCUT2D eigenvalue weighted by Crippen LogP contribution is -2.28. The molecule has 7 nitrogen and oxygen atoms in total. The molecule has 1 heterocycles. The number of nitrogens with zero attached hydrogens (tertiary/aromatic N) is 2. The van der Waals surface area contributed by atoms with Crippen LogP contribution in [-0.4, -0.2) is 48.6 Å². The Bertz CT molecular complexity index is 629. The first-order valence-electron chi connectivity index (χ1n) is 6.03. The van der Waals surface area contributed by atoms with Crippen molar-refractivity contribution in [2.75, 3.05) is 20.3 Å². The first kappa shape index (κ1) is 18.2. The summed E-state index contributed by atoms with van der Waals surface area (Å²) in [6.45, 7) is -0.321. The van der Waals surface area contributed by atoms with E-state index in [9.17, 15) is 22.8 Å². The molecule has 0 atom stereocenters. The Morgan fingerprint density at radius 2 is 2.09 bits per heavy atom. The summed E-state index contributed by atoms with van der Waals surface area (Å²) < 4.78 is 43.9. The van der Waals surface area contributed by atoms with Gasteiger partial charge in [-0.1, -0.05) is 0 Å². The van der Waals surface area contributed by atoms with Crippen molar-refractivity contribution in [3.05, 3.63) is 35.2 Å². The maximum absolute atomic E-state index is 12.1. The molecule has 0 unspecified atom stereocenters. The predicted octanol–water partition coefficient (Wildman–Crippen LogP) is 0.748. The van der Waals surface area contributed by atoms with Crippen molar-refractivity contribution >= 4 is 11.9 Å². The number of ether oxygens (including phenoxy) is 2. The average Bonchev–Trinajstić information content (AvgIpc) is 2.47. The van der Waals surface area contributed by atoms with Crippen molar-refractivity contribution in [1.82, 2.24) is 4.90 Å². The maximum atomic E-state index is 12.1. The molecule has 1 rings (SSSR count). The zero-order chi connectivity index (χ0) is 17.6. The second-order valence-corrected chi connectivity index (χ2v) is 4.03. The zero-order valence-electron chi connectivity index (χ0n) is 11.8. The Morgan fingerprint density at radius 3 is 2.57 bits per heavy atom. The topological polar surface area (TPSA) is 99.9 Å². The van der Waals surface area contributed by atoms with E-state index in [4.69, 9.17) is 10.4 Å². The lowest BCUT2D eigenvalue weighted by atomic mass is 10.0. The van der Waals surface area contributed by atoms with E-state index < -0.39 is 23.9 Å². The molecule has 1 aliphatic rings. The van der Waals surface area contributed by atoms with Gasteiger partial charge in [-0.05, 0) is 12.2 Å². The fourth-order valence-electron chi connectivity index (χ4n) is 1.65. The highest BCUT2D eigenvalue weighted by molar-refractivity contribution is 5.96. The van der Waals surface area contributed by atoms with Gasteiger partial charge < -0.3 is 19.5 Å². The van der Waals surface area contributed by atoms with E-state index in [0.29, 0.717) is 0 Å². The van der Waals surface area contributed by atoms with Gasteiger partial charge in [0.05, 0.1) is 13.7 Å². The Balaban J connectivity index is 3.26. The number of allylic oxidation sites excluding steroid dienone is 3. The molecule has 0 fully saturated rings. The van der Waals surface area contributed by atoms with E-state index in [2.05, 4.69) is 9.47 Å². The number of β-amino-alcohol motifs (C(OH)–C–C–N with tert-alkyl or cyclic N) is 1. The summed E-state index contributed by atoms with van der Waals surface area (Å²) in [5.41, 5.74) is -1.34. The third-order valence-electron chi connectivity index (χ3n) is 2.58. The number of carbonyl (C=O) groups is 2. The smallest absolute Gasteiger partial charge is 0.464 e. The van der Waals surface area contributed by atoms with Crippen LogP contribution in [0.15, 0.2) is 35.2 Å². The number of aliphatic hydroxyl groups is 1. The van der Waals surface area contributed by atoms with Crippen molar-refractivity contribution in [1.29, 1.82) is 5.26 Å². The molecule has 23 heavy (non-hydrogen) atoms. The van der Waals surface area contributed by atoms with Crippen LogP contribution < -0.4 is 0 Å². The van der Waals surface area contributed by atoms with Crippen LogP contribution in [0.5, 0.6) is 0 Å². The zero-order valence-corrected chi connectivity index (χ0v) is 11.8. The SMILES string of the molecule is COC(=O)C1=C/C(=C(/C#N)C(=O)OC(F)(F)F)C=CN1CCO. The Kier molecular flexibility index (Phi) is 5.92. The summed E-state index contributed by atoms with van der Waals surface area (Å²) in [6, 6.07) is 1.31. The summed E-state index contributed by atoms with van der Waals surface area (Å²) in [4.78, 5) is 24.3. The molecule has 1 N–H and O–H groups in total. The van der Waals surface area contributed by atoms with Gasteiger partial charge in [0.25, 0.3) is 0 Å². The number of aliphatic hydroxyl groups excluding tert-OH is 1. The van der Waals surface area contributed by atoms with Crippen molar-refractivity contribution in [2.45, 2.75) is 6.36 Å². The number of esters is 2. The molecule has 0 aromatic carbocycles. The summed E-state index contributed by atoms with van der Waals surface area (Å²) >= 11 is 0. The van der Waals surface area contributed by atoms with Crippen LogP contribution in [0.4, 0.5) is 13.2 Å². The average molecular weight is 332 g/mol. The molecule has 124 valence electrons. The van der Waals surface area contributed by atoms with Crippen LogP contribution in [-0.2, 0) is 19.1 Å². The van der Waals surface area contributed by atoms with Gasteiger partial charge in [-0.3, -0.25) is 0 Å². The minimum absolute atomic E-state index is 0.000399. The quantitative estimate of drug-likeness (QED) is 0.460. The van der Waals surface area contributed by atoms with Crippen molar-refractivity contribution in [3.8, 4) is 6.07 Å². The Hall–Kier alpha value is -2.80. The second-order valence-electron chi connectivity index (χ2n) is 4.03.